The van der Waals surface area contributed by atoms with E-state index in [9.17, 15) is 5.11 Å². The van der Waals surface area contributed by atoms with E-state index in [1.807, 2.05) is 6.07 Å². The Morgan fingerprint density at radius 3 is 3.00 bits per heavy atom. The highest BCUT2D eigenvalue weighted by Gasteiger charge is 1.98. The highest BCUT2D eigenvalue weighted by atomic mass is 16.3. The van der Waals surface area contributed by atoms with Gasteiger partial charge in [-0.2, -0.15) is 5.21 Å². The first-order chi connectivity index (χ1) is 7.34. The molecule has 6 nitrogen and oxygen atoms in total. The van der Waals surface area contributed by atoms with Crippen molar-refractivity contribution in [1.82, 2.24) is 25.9 Å². The maximum Gasteiger partial charge on any atom is 0.188 e. The maximum absolute atomic E-state index is 9.23. The van der Waals surface area contributed by atoms with Crippen molar-refractivity contribution in [3.05, 3.63) is 35.7 Å². The summed E-state index contributed by atoms with van der Waals surface area (Å²) < 4.78 is 0. The van der Waals surface area contributed by atoms with Crippen LogP contribution in [0.25, 0.3) is 0 Å². The van der Waals surface area contributed by atoms with Crippen LogP contribution in [-0.4, -0.2) is 25.7 Å². The van der Waals surface area contributed by atoms with Crippen molar-refractivity contribution in [2.45, 2.75) is 13.1 Å². The maximum atomic E-state index is 9.23. The smallest absolute Gasteiger partial charge is 0.188 e. The van der Waals surface area contributed by atoms with E-state index in [2.05, 4.69) is 25.9 Å². The molecule has 6 heteroatoms. The third-order valence-electron chi connectivity index (χ3n) is 1.91. The Morgan fingerprint density at radius 2 is 2.27 bits per heavy atom. The number of tetrazole rings is 1. The molecule has 0 bridgehead atoms. The molecule has 2 rings (SSSR count). The highest BCUT2D eigenvalue weighted by Crippen LogP contribution is 2.10. The van der Waals surface area contributed by atoms with E-state index in [1.165, 1.54) is 0 Å². The van der Waals surface area contributed by atoms with Gasteiger partial charge in [0.05, 0.1) is 6.54 Å². The number of rotatable bonds is 4. The van der Waals surface area contributed by atoms with Crippen molar-refractivity contribution < 1.29 is 5.11 Å². The number of hydrogen-bond acceptors (Lipinski definition) is 5. The van der Waals surface area contributed by atoms with E-state index in [0.717, 1.165) is 5.56 Å². The van der Waals surface area contributed by atoms with Crippen LogP contribution in [0.15, 0.2) is 24.3 Å². The summed E-state index contributed by atoms with van der Waals surface area (Å²) in [6.07, 6.45) is 0. The minimum absolute atomic E-state index is 0.272. The van der Waals surface area contributed by atoms with Crippen molar-refractivity contribution in [2.75, 3.05) is 0 Å². The number of hydrogen-bond donors (Lipinski definition) is 3. The highest BCUT2D eigenvalue weighted by molar-refractivity contribution is 5.26. The zero-order valence-electron chi connectivity index (χ0n) is 8.01. The van der Waals surface area contributed by atoms with Gasteiger partial charge in [0, 0.05) is 6.54 Å². The number of phenols is 1. The van der Waals surface area contributed by atoms with Gasteiger partial charge in [-0.05, 0) is 17.7 Å². The molecule has 0 atom stereocenters. The van der Waals surface area contributed by atoms with Crippen LogP contribution in [0, 0.1) is 0 Å². The lowest BCUT2D eigenvalue weighted by atomic mass is 10.2. The molecule has 0 spiro atoms. The van der Waals surface area contributed by atoms with Gasteiger partial charge in [0.15, 0.2) is 5.82 Å². The van der Waals surface area contributed by atoms with Crippen molar-refractivity contribution in [3.8, 4) is 5.75 Å². The lowest BCUT2D eigenvalue weighted by Gasteiger charge is -2.02. The van der Waals surface area contributed by atoms with Gasteiger partial charge in [-0.15, -0.1) is 10.2 Å². The fraction of sp³-hybridized carbons (Fsp3) is 0.222. The van der Waals surface area contributed by atoms with E-state index in [4.69, 9.17) is 0 Å². The summed E-state index contributed by atoms with van der Waals surface area (Å²) in [5, 5.41) is 25.8. The second-order valence-corrected chi connectivity index (χ2v) is 3.10. The summed E-state index contributed by atoms with van der Waals surface area (Å²) in [6, 6.07) is 7.09. The molecule has 1 heterocycles. The minimum Gasteiger partial charge on any atom is -0.508 e. The number of aromatic nitrogens is 4. The molecule has 0 aliphatic heterocycles. The molecule has 2 aromatic rings. The Labute approximate surface area is 86.3 Å². The van der Waals surface area contributed by atoms with Crippen molar-refractivity contribution in [1.29, 1.82) is 0 Å². The SMILES string of the molecule is Oc1cccc(CNCc2nn[nH]n2)c1. The molecular weight excluding hydrogens is 194 g/mol. The van der Waals surface area contributed by atoms with Gasteiger partial charge in [0.25, 0.3) is 0 Å². The molecule has 0 saturated heterocycles. The standard InChI is InChI=1S/C9H11N5O/c15-8-3-1-2-7(4-8)5-10-6-9-11-13-14-12-9/h1-4,10,15H,5-6H2,(H,11,12,13,14). The van der Waals surface area contributed by atoms with Crippen LogP contribution in [0.2, 0.25) is 0 Å². The molecule has 0 amide bonds. The summed E-state index contributed by atoms with van der Waals surface area (Å²) >= 11 is 0. The fourth-order valence-electron chi connectivity index (χ4n) is 1.24. The number of phenolic OH excluding ortho intramolecular Hbond substituents is 1. The van der Waals surface area contributed by atoms with E-state index in [1.54, 1.807) is 18.2 Å². The molecule has 15 heavy (non-hydrogen) atoms. The Bertz CT molecular complexity index is 414. The number of aromatic hydroxyl groups is 1. The number of benzene rings is 1. The van der Waals surface area contributed by atoms with Crippen LogP contribution in [-0.2, 0) is 13.1 Å². The van der Waals surface area contributed by atoms with E-state index < -0.39 is 0 Å². The summed E-state index contributed by atoms with van der Waals surface area (Å²) in [6.45, 7) is 1.20. The lowest BCUT2D eigenvalue weighted by Crippen LogP contribution is -2.13. The topological polar surface area (TPSA) is 86.7 Å². The first-order valence-electron chi connectivity index (χ1n) is 4.55. The van der Waals surface area contributed by atoms with Gasteiger partial charge in [-0.3, -0.25) is 0 Å². The minimum atomic E-state index is 0.272. The van der Waals surface area contributed by atoms with Crippen molar-refractivity contribution in [3.63, 3.8) is 0 Å². The zero-order chi connectivity index (χ0) is 10.5. The van der Waals surface area contributed by atoms with Gasteiger partial charge in [0.2, 0.25) is 0 Å². The summed E-state index contributed by atoms with van der Waals surface area (Å²) in [4.78, 5) is 0. The molecule has 78 valence electrons. The number of H-pyrrole nitrogens is 1. The molecule has 0 saturated carbocycles. The van der Waals surface area contributed by atoms with Gasteiger partial charge < -0.3 is 10.4 Å². The van der Waals surface area contributed by atoms with Crippen LogP contribution >= 0.6 is 0 Å². The normalized spacial score (nSPS) is 10.4. The van der Waals surface area contributed by atoms with Crippen LogP contribution in [0.1, 0.15) is 11.4 Å². The third-order valence-corrected chi connectivity index (χ3v) is 1.91. The van der Waals surface area contributed by atoms with Crippen LogP contribution < -0.4 is 5.32 Å². The van der Waals surface area contributed by atoms with Gasteiger partial charge in [-0.1, -0.05) is 17.3 Å². The Hall–Kier alpha value is -1.95. The Morgan fingerprint density at radius 1 is 1.33 bits per heavy atom. The van der Waals surface area contributed by atoms with Crippen molar-refractivity contribution in [2.24, 2.45) is 0 Å². The molecule has 0 aliphatic carbocycles. The molecular formula is C9H11N5O. The fourth-order valence-corrected chi connectivity index (χ4v) is 1.24. The molecule has 1 aromatic heterocycles. The second-order valence-electron chi connectivity index (χ2n) is 3.10. The zero-order valence-corrected chi connectivity index (χ0v) is 8.01. The lowest BCUT2D eigenvalue weighted by molar-refractivity contribution is 0.474. The third kappa shape index (κ3) is 2.75. The van der Waals surface area contributed by atoms with Crippen molar-refractivity contribution >= 4 is 0 Å². The van der Waals surface area contributed by atoms with Crippen LogP contribution in [0.4, 0.5) is 0 Å². The van der Waals surface area contributed by atoms with Gasteiger partial charge >= 0.3 is 0 Å². The average Bonchev–Trinajstić information content (AvgIpc) is 2.71. The molecule has 1 aromatic carbocycles. The van der Waals surface area contributed by atoms with Gasteiger partial charge in [-0.25, -0.2) is 0 Å². The Balaban J connectivity index is 1.83. The predicted octanol–water partition coefficient (Wildman–Crippen LogP) is 0.195. The Kier molecular flexibility index (Phi) is 2.89. The van der Waals surface area contributed by atoms with E-state index in [0.29, 0.717) is 18.9 Å². The van der Waals surface area contributed by atoms with Crippen LogP contribution in [0.3, 0.4) is 0 Å². The van der Waals surface area contributed by atoms with Crippen LogP contribution in [0.5, 0.6) is 5.75 Å². The van der Waals surface area contributed by atoms with E-state index in [-0.39, 0.29) is 5.75 Å². The first kappa shape index (κ1) is 9.60. The quantitative estimate of drug-likeness (QED) is 0.663. The number of nitrogens with zero attached hydrogens (tertiary/aromatic N) is 3. The van der Waals surface area contributed by atoms with E-state index >= 15 is 0 Å². The number of nitrogens with one attached hydrogen (secondary N) is 2. The summed E-state index contributed by atoms with van der Waals surface area (Å²) in [5.41, 5.74) is 1.01. The molecule has 0 unspecified atom stereocenters. The monoisotopic (exact) mass is 205 g/mol. The number of aromatic amines is 1. The van der Waals surface area contributed by atoms with Gasteiger partial charge in [0.1, 0.15) is 5.75 Å². The largest absolute Gasteiger partial charge is 0.508 e. The summed E-state index contributed by atoms with van der Waals surface area (Å²) in [5.74, 6) is 0.893. The second kappa shape index (κ2) is 4.52. The molecule has 0 aliphatic rings. The average molecular weight is 205 g/mol. The predicted molar refractivity (Wildman–Crippen MR) is 52.8 cm³/mol. The summed E-state index contributed by atoms with van der Waals surface area (Å²) in [7, 11) is 0. The molecule has 3 N–H and O–H groups in total. The first-order valence-corrected chi connectivity index (χ1v) is 4.55. The molecule has 0 radical (unpaired) electrons. The molecule has 0 fully saturated rings.